The molecule has 0 aromatic heterocycles. The number of hydrogen-bond acceptors (Lipinski definition) is 2. The second-order valence-electron chi connectivity index (χ2n) is 2.15. The Bertz CT molecular complexity index is 315. The van der Waals surface area contributed by atoms with E-state index in [-0.39, 0.29) is 0 Å². The SMILES string of the molecule is NC(=O)c1c(O)cc(F)cc1F. The van der Waals surface area contributed by atoms with Crippen molar-refractivity contribution < 1.29 is 18.7 Å². The summed E-state index contributed by atoms with van der Waals surface area (Å²) in [5.74, 6) is -4.06. The third kappa shape index (κ3) is 1.34. The van der Waals surface area contributed by atoms with Gasteiger partial charge in [0.25, 0.3) is 5.91 Å². The lowest BCUT2D eigenvalue weighted by Gasteiger charge is -2.00. The predicted octanol–water partition coefficient (Wildman–Crippen LogP) is 0.769. The van der Waals surface area contributed by atoms with Crippen molar-refractivity contribution in [1.82, 2.24) is 0 Å². The van der Waals surface area contributed by atoms with E-state index < -0.39 is 28.9 Å². The average Bonchev–Trinajstić information content (AvgIpc) is 1.82. The molecule has 0 radical (unpaired) electrons. The molecule has 0 aliphatic heterocycles. The van der Waals surface area contributed by atoms with Crippen molar-refractivity contribution >= 4 is 5.91 Å². The number of benzene rings is 1. The average molecular weight is 173 g/mol. The van der Waals surface area contributed by atoms with E-state index in [2.05, 4.69) is 0 Å². The molecule has 3 N–H and O–H groups in total. The minimum Gasteiger partial charge on any atom is -0.507 e. The molecule has 0 aliphatic rings. The van der Waals surface area contributed by atoms with Gasteiger partial charge in [-0.3, -0.25) is 4.79 Å². The maximum absolute atomic E-state index is 12.7. The van der Waals surface area contributed by atoms with Crippen LogP contribution in [0.15, 0.2) is 12.1 Å². The van der Waals surface area contributed by atoms with Crippen molar-refractivity contribution in [1.29, 1.82) is 0 Å². The molecule has 3 nitrogen and oxygen atoms in total. The molecule has 0 aliphatic carbocycles. The van der Waals surface area contributed by atoms with Gasteiger partial charge in [0.05, 0.1) is 0 Å². The third-order valence-electron chi connectivity index (χ3n) is 1.28. The van der Waals surface area contributed by atoms with Crippen molar-refractivity contribution in [3.8, 4) is 5.75 Å². The highest BCUT2D eigenvalue weighted by Crippen LogP contribution is 2.20. The molecule has 5 heteroatoms. The lowest BCUT2D eigenvalue weighted by atomic mass is 10.2. The van der Waals surface area contributed by atoms with Gasteiger partial charge in [0, 0.05) is 12.1 Å². The van der Waals surface area contributed by atoms with Crippen molar-refractivity contribution in [3.05, 3.63) is 29.3 Å². The first kappa shape index (κ1) is 8.45. The first-order valence-corrected chi connectivity index (χ1v) is 3.00. The molecular weight excluding hydrogens is 168 g/mol. The zero-order valence-corrected chi connectivity index (χ0v) is 5.84. The molecule has 0 bridgehead atoms. The van der Waals surface area contributed by atoms with E-state index >= 15 is 0 Å². The van der Waals surface area contributed by atoms with Gasteiger partial charge in [-0.2, -0.15) is 0 Å². The lowest BCUT2D eigenvalue weighted by molar-refractivity contribution is 0.0993. The summed E-state index contributed by atoms with van der Waals surface area (Å²) in [6.45, 7) is 0. The van der Waals surface area contributed by atoms with Crippen molar-refractivity contribution in [2.24, 2.45) is 5.73 Å². The smallest absolute Gasteiger partial charge is 0.255 e. The fraction of sp³-hybridized carbons (Fsp3) is 0. The van der Waals surface area contributed by atoms with E-state index in [4.69, 9.17) is 10.8 Å². The first-order chi connectivity index (χ1) is 5.52. The van der Waals surface area contributed by atoms with Gasteiger partial charge < -0.3 is 10.8 Å². The van der Waals surface area contributed by atoms with Crippen LogP contribution >= 0.6 is 0 Å². The highest BCUT2D eigenvalue weighted by molar-refractivity contribution is 5.95. The number of carbonyl (C=O) groups is 1. The van der Waals surface area contributed by atoms with Crippen LogP contribution in [0.1, 0.15) is 10.4 Å². The molecule has 0 atom stereocenters. The highest BCUT2D eigenvalue weighted by atomic mass is 19.1. The number of primary amides is 1. The van der Waals surface area contributed by atoms with Gasteiger partial charge in [0.2, 0.25) is 0 Å². The van der Waals surface area contributed by atoms with E-state index in [0.29, 0.717) is 12.1 Å². The summed E-state index contributed by atoms with van der Waals surface area (Å²) in [5, 5.41) is 8.86. The zero-order valence-electron chi connectivity index (χ0n) is 5.84. The fourth-order valence-electron chi connectivity index (χ4n) is 0.804. The van der Waals surface area contributed by atoms with E-state index in [1.54, 1.807) is 0 Å². The van der Waals surface area contributed by atoms with E-state index in [1.807, 2.05) is 0 Å². The molecule has 0 fully saturated rings. The van der Waals surface area contributed by atoms with Gasteiger partial charge in [-0.1, -0.05) is 0 Å². The van der Waals surface area contributed by atoms with Crippen molar-refractivity contribution in [2.75, 3.05) is 0 Å². The van der Waals surface area contributed by atoms with Gasteiger partial charge >= 0.3 is 0 Å². The molecule has 0 saturated carbocycles. The van der Waals surface area contributed by atoms with Crippen LogP contribution in [0.4, 0.5) is 8.78 Å². The number of hydrogen-bond donors (Lipinski definition) is 2. The fourth-order valence-corrected chi connectivity index (χ4v) is 0.804. The topological polar surface area (TPSA) is 63.3 Å². The van der Waals surface area contributed by atoms with E-state index in [0.717, 1.165) is 0 Å². The van der Waals surface area contributed by atoms with Crippen LogP contribution in [0.3, 0.4) is 0 Å². The predicted molar refractivity (Wildman–Crippen MR) is 36.5 cm³/mol. The van der Waals surface area contributed by atoms with Crippen molar-refractivity contribution in [3.63, 3.8) is 0 Å². The largest absolute Gasteiger partial charge is 0.507 e. The first-order valence-electron chi connectivity index (χ1n) is 3.00. The maximum Gasteiger partial charge on any atom is 0.255 e. The molecule has 1 aromatic rings. The van der Waals surface area contributed by atoms with Crippen LogP contribution in [0.2, 0.25) is 0 Å². The molecule has 64 valence electrons. The Labute approximate surface area is 66.4 Å². The van der Waals surface area contributed by atoms with Crippen LogP contribution in [0.5, 0.6) is 5.75 Å². The molecule has 0 heterocycles. The Morgan fingerprint density at radius 2 is 2.00 bits per heavy atom. The second kappa shape index (κ2) is 2.77. The van der Waals surface area contributed by atoms with Crippen LogP contribution in [-0.4, -0.2) is 11.0 Å². The van der Waals surface area contributed by atoms with Gasteiger partial charge in [0.1, 0.15) is 22.9 Å². The van der Waals surface area contributed by atoms with Crippen molar-refractivity contribution in [2.45, 2.75) is 0 Å². The van der Waals surface area contributed by atoms with Gasteiger partial charge in [-0.15, -0.1) is 0 Å². The summed E-state index contributed by atoms with van der Waals surface area (Å²) >= 11 is 0. The molecule has 0 unspecified atom stereocenters. The minimum absolute atomic E-state index is 0.472. The Hall–Kier alpha value is -1.65. The standard InChI is InChI=1S/C7H5F2NO2/c8-3-1-4(9)6(7(10)12)5(11)2-3/h1-2,11H,(H2,10,12). The third-order valence-corrected chi connectivity index (χ3v) is 1.28. The Balaban J connectivity index is 3.38. The summed E-state index contributed by atoms with van der Waals surface area (Å²) in [7, 11) is 0. The normalized spacial score (nSPS) is 9.83. The molecule has 0 saturated heterocycles. The summed E-state index contributed by atoms with van der Waals surface area (Å²) in [6, 6.07) is 1.09. The number of nitrogens with two attached hydrogens (primary N) is 1. The zero-order chi connectivity index (χ0) is 9.30. The Kier molecular flexibility index (Phi) is 1.95. The number of halogens is 2. The van der Waals surface area contributed by atoms with Crippen LogP contribution in [0, 0.1) is 11.6 Å². The summed E-state index contributed by atoms with van der Waals surface area (Å²) in [6.07, 6.45) is 0. The summed E-state index contributed by atoms with van der Waals surface area (Å²) in [4.78, 5) is 10.5. The van der Waals surface area contributed by atoms with E-state index in [1.165, 1.54) is 0 Å². The van der Waals surface area contributed by atoms with Crippen LogP contribution in [-0.2, 0) is 0 Å². The molecule has 1 aromatic carbocycles. The molecule has 0 spiro atoms. The molecule has 1 amide bonds. The second-order valence-corrected chi connectivity index (χ2v) is 2.15. The summed E-state index contributed by atoms with van der Waals surface area (Å²) in [5.41, 5.74) is 4.01. The Morgan fingerprint density at radius 3 is 2.42 bits per heavy atom. The quantitative estimate of drug-likeness (QED) is 0.658. The lowest BCUT2D eigenvalue weighted by Crippen LogP contribution is -2.13. The van der Waals surface area contributed by atoms with Gasteiger partial charge in [-0.05, 0) is 0 Å². The number of phenols is 1. The van der Waals surface area contributed by atoms with Gasteiger partial charge in [-0.25, -0.2) is 8.78 Å². The maximum atomic E-state index is 12.7. The monoisotopic (exact) mass is 173 g/mol. The van der Waals surface area contributed by atoms with Gasteiger partial charge in [0.15, 0.2) is 0 Å². The Morgan fingerprint density at radius 1 is 1.42 bits per heavy atom. The highest BCUT2D eigenvalue weighted by Gasteiger charge is 2.14. The molecule has 12 heavy (non-hydrogen) atoms. The minimum atomic E-state index is -1.17. The van der Waals surface area contributed by atoms with E-state index in [9.17, 15) is 13.6 Å². The number of carbonyl (C=O) groups excluding carboxylic acids is 1. The van der Waals surface area contributed by atoms with Crippen LogP contribution < -0.4 is 5.73 Å². The molecular formula is C7H5F2NO2. The number of amides is 1. The van der Waals surface area contributed by atoms with Crippen LogP contribution in [0.25, 0.3) is 0 Å². The number of aromatic hydroxyl groups is 1. The number of rotatable bonds is 1. The molecule has 1 rings (SSSR count). The summed E-state index contributed by atoms with van der Waals surface area (Å²) < 4.78 is 25.0.